The molecule has 0 heterocycles. The zero-order valence-corrected chi connectivity index (χ0v) is 7.02. The molecule has 0 fully saturated rings. The van der Waals surface area contributed by atoms with Crippen LogP contribution in [0.1, 0.15) is 13.8 Å². The summed E-state index contributed by atoms with van der Waals surface area (Å²) in [6.07, 6.45) is 0.746. The Morgan fingerprint density at radius 3 is 2.50 bits per heavy atom. The Morgan fingerprint density at radius 2 is 2.10 bits per heavy atom. The van der Waals surface area contributed by atoms with Crippen molar-refractivity contribution in [2.45, 2.75) is 13.8 Å². The molecule has 0 aromatic heterocycles. The largest absolute Gasteiger partial charge is 0.373 e. The van der Waals surface area contributed by atoms with Gasteiger partial charge in [0.1, 0.15) is 12.9 Å². The minimum absolute atomic E-state index is 0.210. The van der Waals surface area contributed by atoms with Gasteiger partial charge in [0.15, 0.2) is 0 Å². The number of nitrogens with one attached hydrogen (secondary N) is 1. The molecule has 1 N–H and O–H groups in total. The summed E-state index contributed by atoms with van der Waals surface area (Å²) in [6.45, 7) is 5.62. The zero-order valence-electron chi connectivity index (χ0n) is 7.02. The van der Waals surface area contributed by atoms with E-state index in [2.05, 4.69) is 5.32 Å². The highest BCUT2D eigenvalue weighted by Crippen LogP contribution is 1.65. The fourth-order valence-corrected chi connectivity index (χ4v) is 0.306. The fourth-order valence-electron chi connectivity index (χ4n) is 0.306. The lowest BCUT2D eigenvalue weighted by Gasteiger charge is -1.95. The molecule has 0 atom stereocenters. The number of ether oxygens (including phenoxy) is 1. The molecule has 0 unspecified atom stereocenters. The number of hydrogen-bond acceptors (Lipinski definition) is 3. The maximum Gasteiger partial charge on any atom is 0.145 e. The van der Waals surface area contributed by atoms with Crippen molar-refractivity contribution in [2.75, 3.05) is 26.8 Å². The third-order valence-electron chi connectivity index (χ3n) is 0.682. The normalized spacial score (nSPS) is 7.90. The molecule has 62 valence electrons. The molecule has 0 saturated heterocycles. The van der Waals surface area contributed by atoms with E-state index in [1.54, 1.807) is 0 Å². The zero-order chi connectivity index (χ0) is 8.24. The third kappa shape index (κ3) is 15.6. The minimum atomic E-state index is 0.210. The van der Waals surface area contributed by atoms with Gasteiger partial charge in [-0.1, -0.05) is 13.8 Å². The van der Waals surface area contributed by atoms with Gasteiger partial charge in [0, 0.05) is 6.54 Å². The average Bonchev–Trinajstić information content (AvgIpc) is 2.02. The summed E-state index contributed by atoms with van der Waals surface area (Å²) >= 11 is 0. The van der Waals surface area contributed by atoms with Gasteiger partial charge in [0.25, 0.3) is 0 Å². The van der Waals surface area contributed by atoms with Crippen LogP contribution in [0.4, 0.5) is 0 Å². The second-order valence-corrected chi connectivity index (χ2v) is 1.35. The van der Waals surface area contributed by atoms with Gasteiger partial charge in [0.2, 0.25) is 0 Å². The molecule has 0 aliphatic rings. The van der Waals surface area contributed by atoms with Crippen molar-refractivity contribution in [3.8, 4) is 0 Å². The van der Waals surface area contributed by atoms with Crippen molar-refractivity contribution in [2.24, 2.45) is 0 Å². The molecule has 0 amide bonds. The summed E-state index contributed by atoms with van der Waals surface area (Å²) in [4.78, 5) is 9.62. The van der Waals surface area contributed by atoms with Gasteiger partial charge >= 0.3 is 0 Å². The number of likely N-dealkylation sites (N-methyl/N-ethyl adjacent to an activating group) is 1. The van der Waals surface area contributed by atoms with E-state index in [9.17, 15) is 4.79 Å². The van der Waals surface area contributed by atoms with Gasteiger partial charge in [-0.3, -0.25) is 0 Å². The highest BCUT2D eigenvalue weighted by atomic mass is 16.5. The molecule has 0 rings (SSSR count). The molecule has 0 saturated carbocycles. The summed E-state index contributed by atoms with van der Waals surface area (Å²) in [7, 11) is 1.84. The molecule has 10 heavy (non-hydrogen) atoms. The van der Waals surface area contributed by atoms with Gasteiger partial charge < -0.3 is 14.8 Å². The fraction of sp³-hybridized carbons (Fsp3) is 0.857. The minimum Gasteiger partial charge on any atom is -0.373 e. The van der Waals surface area contributed by atoms with E-state index in [0.29, 0.717) is 6.61 Å². The van der Waals surface area contributed by atoms with E-state index in [1.165, 1.54) is 0 Å². The summed E-state index contributed by atoms with van der Waals surface area (Å²) in [5, 5.41) is 2.89. The first-order valence-corrected chi connectivity index (χ1v) is 3.57. The Labute approximate surface area is 62.8 Å². The standard InChI is InChI=1S/C5H11NO2.C2H6/c1-6-2-4-8-5-3-7;1-2/h3,6H,2,4-5H2,1H3;1-2H3. The Bertz CT molecular complexity index is 57.6. The number of rotatable bonds is 5. The van der Waals surface area contributed by atoms with E-state index in [1.807, 2.05) is 20.9 Å². The van der Waals surface area contributed by atoms with Crippen molar-refractivity contribution in [3.05, 3.63) is 0 Å². The van der Waals surface area contributed by atoms with Crippen LogP contribution < -0.4 is 5.32 Å². The highest BCUT2D eigenvalue weighted by Gasteiger charge is 1.80. The second kappa shape index (κ2) is 15.8. The van der Waals surface area contributed by atoms with Crippen LogP contribution in [0.25, 0.3) is 0 Å². The first-order chi connectivity index (χ1) is 4.91. The van der Waals surface area contributed by atoms with Crippen molar-refractivity contribution in [3.63, 3.8) is 0 Å². The van der Waals surface area contributed by atoms with Crippen LogP contribution in [0.5, 0.6) is 0 Å². The first kappa shape index (κ1) is 12.3. The molecule has 3 nitrogen and oxygen atoms in total. The lowest BCUT2D eigenvalue weighted by atomic mass is 10.7. The highest BCUT2D eigenvalue weighted by molar-refractivity contribution is 5.50. The topological polar surface area (TPSA) is 38.3 Å². The number of carbonyl (C=O) groups excluding carboxylic acids is 1. The quantitative estimate of drug-likeness (QED) is 0.453. The maximum absolute atomic E-state index is 9.62. The first-order valence-electron chi connectivity index (χ1n) is 3.57. The summed E-state index contributed by atoms with van der Waals surface area (Å²) in [5.74, 6) is 0. The number of carbonyl (C=O) groups is 1. The van der Waals surface area contributed by atoms with E-state index < -0.39 is 0 Å². The molecule has 3 heteroatoms. The Balaban J connectivity index is 0. The molecular weight excluding hydrogens is 130 g/mol. The van der Waals surface area contributed by atoms with Crippen LogP contribution in [0.15, 0.2) is 0 Å². The van der Waals surface area contributed by atoms with Crippen molar-refractivity contribution in [1.29, 1.82) is 0 Å². The van der Waals surface area contributed by atoms with E-state index in [-0.39, 0.29) is 6.61 Å². The SMILES string of the molecule is CC.CNCCOCC=O. The molecule has 0 spiro atoms. The summed E-state index contributed by atoms with van der Waals surface area (Å²) in [5.41, 5.74) is 0. The Kier molecular flexibility index (Phi) is 19.5. The Morgan fingerprint density at radius 1 is 1.50 bits per heavy atom. The van der Waals surface area contributed by atoms with E-state index in [4.69, 9.17) is 4.74 Å². The van der Waals surface area contributed by atoms with Crippen LogP contribution in [-0.4, -0.2) is 33.1 Å². The summed E-state index contributed by atoms with van der Waals surface area (Å²) < 4.78 is 4.79. The van der Waals surface area contributed by atoms with Crippen LogP contribution in [0.2, 0.25) is 0 Å². The van der Waals surface area contributed by atoms with Crippen LogP contribution in [0, 0.1) is 0 Å². The van der Waals surface area contributed by atoms with Gasteiger partial charge in [-0.2, -0.15) is 0 Å². The number of hydrogen-bond donors (Lipinski definition) is 1. The van der Waals surface area contributed by atoms with Gasteiger partial charge in [0.05, 0.1) is 6.61 Å². The van der Waals surface area contributed by atoms with Crippen LogP contribution in [-0.2, 0) is 9.53 Å². The third-order valence-corrected chi connectivity index (χ3v) is 0.682. The van der Waals surface area contributed by atoms with Gasteiger partial charge in [-0.25, -0.2) is 0 Å². The molecule has 0 aromatic rings. The Hall–Kier alpha value is -0.410. The predicted molar refractivity (Wildman–Crippen MR) is 42.2 cm³/mol. The molecule has 0 aromatic carbocycles. The molecule has 0 aliphatic heterocycles. The molecular formula is C7H17NO2. The summed E-state index contributed by atoms with van der Waals surface area (Å²) in [6, 6.07) is 0. The van der Waals surface area contributed by atoms with Gasteiger partial charge in [-0.15, -0.1) is 0 Å². The van der Waals surface area contributed by atoms with Crippen molar-refractivity contribution < 1.29 is 9.53 Å². The lowest BCUT2D eigenvalue weighted by Crippen LogP contribution is -2.14. The number of aldehydes is 1. The molecule has 0 radical (unpaired) electrons. The second-order valence-electron chi connectivity index (χ2n) is 1.35. The smallest absolute Gasteiger partial charge is 0.145 e. The average molecular weight is 147 g/mol. The van der Waals surface area contributed by atoms with Gasteiger partial charge in [-0.05, 0) is 7.05 Å². The van der Waals surface area contributed by atoms with Crippen molar-refractivity contribution in [1.82, 2.24) is 5.32 Å². The lowest BCUT2D eigenvalue weighted by molar-refractivity contribution is -0.111. The maximum atomic E-state index is 9.62. The van der Waals surface area contributed by atoms with Crippen LogP contribution >= 0.6 is 0 Å². The monoisotopic (exact) mass is 147 g/mol. The van der Waals surface area contributed by atoms with Crippen LogP contribution in [0.3, 0.4) is 0 Å². The van der Waals surface area contributed by atoms with Crippen molar-refractivity contribution >= 4 is 6.29 Å². The van der Waals surface area contributed by atoms with E-state index >= 15 is 0 Å². The molecule has 0 aliphatic carbocycles. The predicted octanol–water partition coefficient (Wildman–Crippen LogP) is 0.447. The van der Waals surface area contributed by atoms with E-state index in [0.717, 1.165) is 12.8 Å². The molecule has 0 bridgehead atoms.